The van der Waals surface area contributed by atoms with Crippen LogP contribution in [0.4, 0.5) is 5.82 Å². The molecule has 2 aromatic heterocycles. The number of alkyl halides is 1. The summed E-state index contributed by atoms with van der Waals surface area (Å²) in [5.41, 5.74) is 9.52. The molecule has 0 aliphatic carbocycles. The Bertz CT molecular complexity index is 884. The number of anilines is 1. The van der Waals surface area contributed by atoms with Crippen LogP contribution in [0, 0.1) is 0 Å². The second-order valence-electron chi connectivity index (χ2n) is 5.33. The molecule has 0 saturated carbocycles. The maximum atomic E-state index is 6.02. The first-order valence-corrected chi connectivity index (χ1v) is 9.48. The van der Waals surface area contributed by atoms with E-state index in [-0.39, 0.29) is 11.8 Å². The average molecular weight is 471 g/mol. The summed E-state index contributed by atoms with van der Waals surface area (Å²) in [6, 6.07) is 8.51. The lowest BCUT2D eigenvalue weighted by Gasteiger charge is -2.08. The fourth-order valence-electron chi connectivity index (χ4n) is 2.39. The number of benzene rings is 1. The Morgan fingerprint density at radius 2 is 1.96 bits per heavy atom. The minimum atomic E-state index is 0.213. The number of hydrogen-bond acceptors (Lipinski definition) is 6. The maximum Gasteiger partial charge on any atom is 0.320 e. The predicted octanol–water partition coefficient (Wildman–Crippen LogP) is 3.14. The summed E-state index contributed by atoms with van der Waals surface area (Å²) < 4.78 is 13.0. The van der Waals surface area contributed by atoms with E-state index in [0.717, 1.165) is 10.9 Å². The third-order valence-corrected chi connectivity index (χ3v) is 4.81. The summed E-state index contributed by atoms with van der Waals surface area (Å²) >= 11 is 6.96. The van der Waals surface area contributed by atoms with Crippen molar-refractivity contribution in [1.29, 1.82) is 0 Å². The van der Waals surface area contributed by atoms with Crippen molar-refractivity contribution in [3.05, 3.63) is 40.1 Å². The number of methoxy groups -OCH3 is 1. The highest BCUT2D eigenvalue weighted by Gasteiger charge is 2.16. The van der Waals surface area contributed by atoms with Gasteiger partial charge in [-0.15, -0.1) is 0 Å². The molecule has 0 unspecified atom stereocenters. The number of nitrogen functional groups attached to an aromatic ring is 1. The molecule has 0 spiro atoms. The van der Waals surface area contributed by atoms with Gasteiger partial charge in [-0.2, -0.15) is 9.97 Å². The average Bonchev–Trinajstić information content (AvgIpc) is 2.92. The van der Waals surface area contributed by atoms with E-state index in [4.69, 9.17) is 15.2 Å². The third kappa shape index (κ3) is 4.10. The van der Waals surface area contributed by atoms with Crippen LogP contribution in [0.5, 0.6) is 6.01 Å². The highest BCUT2D eigenvalue weighted by molar-refractivity contribution is 9.10. The molecule has 9 heteroatoms. The van der Waals surface area contributed by atoms with E-state index in [1.165, 1.54) is 5.56 Å². The Morgan fingerprint density at radius 1 is 1.16 bits per heavy atom. The van der Waals surface area contributed by atoms with Crippen molar-refractivity contribution in [3.63, 3.8) is 0 Å². The van der Waals surface area contributed by atoms with Gasteiger partial charge in [0.05, 0.1) is 13.2 Å². The molecule has 3 aromatic rings. The van der Waals surface area contributed by atoms with Crippen molar-refractivity contribution < 1.29 is 9.47 Å². The lowest BCUT2D eigenvalue weighted by Crippen LogP contribution is -2.09. The number of rotatable bonds is 7. The van der Waals surface area contributed by atoms with Crippen molar-refractivity contribution in [2.24, 2.45) is 0 Å². The van der Waals surface area contributed by atoms with Gasteiger partial charge in [-0.3, -0.25) is 4.57 Å². The van der Waals surface area contributed by atoms with Crippen molar-refractivity contribution in [2.75, 3.05) is 26.1 Å². The Kier molecular flexibility index (Phi) is 5.87. The largest absolute Gasteiger partial charge is 0.461 e. The van der Waals surface area contributed by atoms with Gasteiger partial charge in [-0.05, 0) is 27.1 Å². The van der Waals surface area contributed by atoms with Gasteiger partial charge in [0.1, 0.15) is 6.61 Å². The molecule has 2 heterocycles. The number of imidazole rings is 1. The minimum Gasteiger partial charge on any atom is -0.461 e. The highest BCUT2D eigenvalue weighted by Crippen LogP contribution is 2.25. The van der Waals surface area contributed by atoms with Gasteiger partial charge < -0.3 is 15.2 Å². The van der Waals surface area contributed by atoms with E-state index in [2.05, 4.69) is 65.0 Å². The molecule has 7 nitrogen and oxygen atoms in total. The quantitative estimate of drug-likeness (QED) is 0.324. The topological polar surface area (TPSA) is 88.1 Å². The summed E-state index contributed by atoms with van der Waals surface area (Å²) in [4.78, 5) is 13.0. The molecule has 1 aromatic carbocycles. The summed E-state index contributed by atoms with van der Waals surface area (Å²) in [6.45, 7) is 1.40. The number of fused-ring (bicyclic) bond motifs is 1. The fraction of sp³-hybridized carbons (Fsp3) is 0.312. The first-order chi connectivity index (χ1) is 12.1. The smallest absolute Gasteiger partial charge is 0.320 e. The summed E-state index contributed by atoms with van der Waals surface area (Å²) in [5.74, 6) is 0.283. The number of aromatic nitrogens is 4. The Balaban J connectivity index is 1.97. The van der Waals surface area contributed by atoms with Crippen LogP contribution in [0.3, 0.4) is 0 Å². The summed E-state index contributed by atoms with van der Waals surface area (Å²) in [5, 5.41) is 0.805. The van der Waals surface area contributed by atoms with Crippen molar-refractivity contribution in [3.8, 4) is 6.01 Å². The lowest BCUT2D eigenvalue weighted by molar-refractivity contribution is 0.141. The second-order valence-corrected chi connectivity index (χ2v) is 6.60. The maximum absolute atomic E-state index is 6.02. The normalized spacial score (nSPS) is 11.2. The van der Waals surface area contributed by atoms with Crippen LogP contribution < -0.4 is 10.5 Å². The summed E-state index contributed by atoms with van der Waals surface area (Å²) in [6.07, 6.45) is 0. The van der Waals surface area contributed by atoms with Crippen molar-refractivity contribution in [2.45, 2.75) is 11.9 Å². The Morgan fingerprint density at radius 3 is 2.72 bits per heavy atom. The van der Waals surface area contributed by atoms with Gasteiger partial charge in [0.2, 0.25) is 0 Å². The number of ether oxygens (including phenoxy) is 2. The van der Waals surface area contributed by atoms with Gasteiger partial charge in [0.25, 0.3) is 0 Å². The molecule has 0 saturated heterocycles. The number of halogens is 2. The molecule has 0 aliphatic heterocycles. The first kappa shape index (κ1) is 18.1. The third-order valence-electron chi connectivity index (χ3n) is 3.56. The number of hydrogen-bond donors (Lipinski definition) is 1. The molecule has 2 N–H and O–H groups in total. The minimum absolute atomic E-state index is 0.213. The molecule has 0 radical (unpaired) electrons. The van der Waals surface area contributed by atoms with Crippen LogP contribution in [0.25, 0.3) is 11.2 Å². The van der Waals surface area contributed by atoms with Gasteiger partial charge >= 0.3 is 6.01 Å². The Labute approximate surface area is 161 Å². The van der Waals surface area contributed by atoms with Gasteiger partial charge in [0, 0.05) is 12.4 Å². The van der Waals surface area contributed by atoms with Crippen LogP contribution in [-0.2, 0) is 16.6 Å². The molecule has 0 aliphatic rings. The fourth-order valence-corrected chi connectivity index (χ4v) is 3.21. The van der Waals surface area contributed by atoms with Crippen molar-refractivity contribution in [1.82, 2.24) is 19.5 Å². The van der Waals surface area contributed by atoms with Crippen LogP contribution in [0.2, 0.25) is 0 Å². The lowest BCUT2D eigenvalue weighted by atomic mass is 10.1. The van der Waals surface area contributed by atoms with E-state index in [1.54, 1.807) is 7.11 Å². The number of nitrogens with zero attached hydrogens (tertiary/aromatic N) is 4. The van der Waals surface area contributed by atoms with E-state index in [9.17, 15) is 0 Å². The van der Waals surface area contributed by atoms with E-state index < -0.39 is 0 Å². The summed E-state index contributed by atoms with van der Waals surface area (Å²) in [7, 11) is 1.61. The zero-order valence-corrected chi connectivity index (χ0v) is 16.7. The molecular formula is C16H17Br2N5O2. The van der Waals surface area contributed by atoms with Gasteiger partial charge in [-0.1, -0.05) is 40.2 Å². The molecule has 25 heavy (non-hydrogen) atoms. The van der Waals surface area contributed by atoms with Crippen LogP contribution in [0.1, 0.15) is 11.1 Å². The highest BCUT2D eigenvalue weighted by atomic mass is 79.9. The Hall–Kier alpha value is -1.71. The van der Waals surface area contributed by atoms with E-state index in [1.807, 2.05) is 10.6 Å². The zero-order chi connectivity index (χ0) is 17.8. The van der Waals surface area contributed by atoms with Crippen LogP contribution in [-0.4, -0.2) is 39.8 Å². The van der Waals surface area contributed by atoms with Gasteiger partial charge in [0.15, 0.2) is 21.7 Å². The zero-order valence-electron chi connectivity index (χ0n) is 13.6. The predicted molar refractivity (Wildman–Crippen MR) is 103 cm³/mol. The second kappa shape index (κ2) is 8.11. The van der Waals surface area contributed by atoms with E-state index >= 15 is 0 Å². The molecule has 0 fully saturated rings. The van der Waals surface area contributed by atoms with Crippen molar-refractivity contribution >= 4 is 48.8 Å². The first-order valence-electron chi connectivity index (χ1n) is 7.57. The molecule has 132 valence electrons. The van der Waals surface area contributed by atoms with Crippen LogP contribution >= 0.6 is 31.9 Å². The molecule has 0 bridgehead atoms. The molecular weight excluding hydrogens is 454 g/mol. The monoisotopic (exact) mass is 469 g/mol. The van der Waals surface area contributed by atoms with Crippen LogP contribution in [0.15, 0.2) is 29.0 Å². The molecule has 3 rings (SSSR count). The van der Waals surface area contributed by atoms with Gasteiger partial charge in [-0.25, -0.2) is 4.98 Å². The standard InChI is InChI=1S/C16H17Br2N5O2/c1-24-5-6-25-16-21-13(19)12-14(22-16)23(15(18)20-12)9-11-4-2-3-10(7-11)8-17/h2-4,7H,5-6,8-9H2,1H3,(H2,19,21,22). The SMILES string of the molecule is COCCOc1nc(N)c2nc(Br)n(Cc3cccc(CBr)c3)c2n1. The van der Waals surface area contributed by atoms with E-state index in [0.29, 0.717) is 35.7 Å². The number of nitrogens with two attached hydrogens (primary N) is 1. The molecule has 0 atom stereocenters. The molecule has 0 amide bonds.